The molecule has 4 heterocycles. The average Bonchev–Trinajstić information content (AvgIpc) is 2.52. The molecule has 10 aromatic rings. The standard InChI is InChI=1S/C71H76N8O2.Pt/c1-66(2,3)45-31-32-53(48(36-45)42-25-20-19-21-26-42)78-56-30-24-27-47(60(56)73-63(78)51-37-46(67(4,5)6)38-52(61(51)80)68(7,8)9)43-33-50-49-34-44(40-72)57(79-64(69(10,11)12)74-75-65(79)70(13,14)15)39-59(49)81-62(50)58(35-43)76-41-77(71(16,17)18)55-29-23-22-28-54(55)76;/h19-34,36-39,41,80H,1-18H3;/q-2;+2. The first-order chi connectivity index (χ1) is 37.8. The van der Waals surface area contributed by atoms with E-state index in [0.29, 0.717) is 39.5 Å². The molecule has 3 aromatic heterocycles. The van der Waals surface area contributed by atoms with Gasteiger partial charge < -0.3 is 19.3 Å². The summed E-state index contributed by atoms with van der Waals surface area (Å²) in [5.74, 6) is 2.33. The molecule has 10 nitrogen and oxygen atoms in total. The summed E-state index contributed by atoms with van der Waals surface area (Å²) in [4.78, 5) is 10.3. The number of anilines is 3. The van der Waals surface area contributed by atoms with Crippen molar-refractivity contribution in [3.05, 3.63) is 168 Å². The van der Waals surface area contributed by atoms with Gasteiger partial charge in [0, 0.05) is 50.3 Å². The number of aromatic nitrogens is 5. The van der Waals surface area contributed by atoms with Gasteiger partial charge in [-0.2, -0.15) is 11.9 Å². The van der Waals surface area contributed by atoms with Crippen LogP contribution in [0.25, 0.3) is 78.0 Å². The number of phenolic OH excluding ortho intramolecular Hbond substituents is 1. The number of fused-ring (bicyclic) bond motifs is 5. The topological polar surface area (TPSA) is 112 Å². The van der Waals surface area contributed by atoms with Gasteiger partial charge in [0.1, 0.15) is 34.9 Å². The maximum absolute atomic E-state index is 12.8. The smallest absolute Gasteiger partial charge is 0.507 e. The Morgan fingerprint density at radius 3 is 1.78 bits per heavy atom. The molecule has 0 saturated carbocycles. The molecule has 422 valence electrons. The fourth-order valence-corrected chi connectivity index (χ4v) is 11.3. The summed E-state index contributed by atoms with van der Waals surface area (Å²) in [5, 5.41) is 35.1. The van der Waals surface area contributed by atoms with Crippen LogP contribution in [-0.2, 0) is 48.1 Å². The number of benzene rings is 7. The van der Waals surface area contributed by atoms with Crippen LogP contribution in [0.2, 0.25) is 0 Å². The minimum absolute atomic E-state index is 0. The molecular formula is C71H76N8O2Pt. The second kappa shape index (κ2) is 19.9. The van der Waals surface area contributed by atoms with Crippen LogP contribution in [0.3, 0.4) is 0 Å². The van der Waals surface area contributed by atoms with Crippen molar-refractivity contribution in [2.75, 3.05) is 9.80 Å². The zero-order valence-corrected chi connectivity index (χ0v) is 53.1. The number of aromatic hydroxyl groups is 1. The number of para-hydroxylation sites is 3. The predicted octanol–water partition coefficient (Wildman–Crippen LogP) is 18.2. The summed E-state index contributed by atoms with van der Waals surface area (Å²) >= 11 is 0. The van der Waals surface area contributed by atoms with Crippen LogP contribution in [0, 0.1) is 24.1 Å². The van der Waals surface area contributed by atoms with Gasteiger partial charge >= 0.3 is 21.1 Å². The number of hydrogen-bond donors (Lipinski definition) is 1. The van der Waals surface area contributed by atoms with Crippen LogP contribution in [0.1, 0.15) is 159 Å². The Balaban J connectivity index is 0.00000753. The second-order valence-electron chi connectivity index (χ2n) is 28.3. The third-order valence-corrected chi connectivity index (χ3v) is 15.8. The van der Waals surface area contributed by atoms with Gasteiger partial charge in [0.2, 0.25) is 0 Å². The van der Waals surface area contributed by atoms with Crippen LogP contribution in [0.5, 0.6) is 5.75 Å². The summed E-state index contributed by atoms with van der Waals surface area (Å²) < 4.78 is 11.5. The van der Waals surface area contributed by atoms with E-state index in [1.54, 1.807) is 0 Å². The maximum atomic E-state index is 12.8. The average molecular weight is 1270 g/mol. The third-order valence-electron chi connectivity index (χ3n) is 15.8. The van der Waals surface area contributed by atoms with Gasteiger partial charge in [0.25, 0.3) is 0 Å². The number of imidazole rings is 1. The van der Waals surface area contributed by atoms with E-state index in [1.807, 2.05) is 12.1 Å². The molecule has 11 rings (SSSR count). The van der Waals surface area contributed by atoms with E-state index in [-0.39, 0.29) is 48.6 Å². The van der Waals surface area contributed by atoms with E-state index in [1.165, 1.54) is 5.56 Å². The number of nitriles is 1. The first kappa shape index (κ1) is 57.8. The van der Waals surface area contributed by atoms with Crippen LogP contribution in [0.15, 0.2) is 126 Å². The van der Waals surface area contributed by atoms with Gasteiger partial charge in [0.05, 0.1) is 39.1 Å². The number of hydrogen-bond acceptors (Lipinski definition) is 8. The minimum Gasteiger partial charge on any atom is -0.507 e. The fourth-order valence-electron chi connectivity index (χ4n) is 11.3. The molecule has 11 heteroatoms. The fraction of sp³-hybridized carbons (Fsp3) is 0.338. The molecular weight excluding hydrogens is 1190 g/mol. The van der Waals surface area contributed by atoms with Crippen LogP contribution < -0.4 is 9.80 Å². The zero-order chi connectivity index (χ0) is 58.3. The molecule has 1 aliphatic rings. The Hall–Kier alpha value is -7.47. The van der Waals surface area contributed by atoms with E-state index >= 15 is 0 Å². The largest absolute Gasteiger partial charge is 2.00 e. The van der Waals surface area contributed by atoms with Gasteiger partial charge in [-0.3, -0.25) is 9.13 Å². The Morgan fingerprint density at radius 1 is 0.561 bits per heavy atom. The van der Waals surface area contributed by atoms with Crippen molar-refractivity contribution >= 4 is 50.0 Å². The van der Waals surface area contributed by atoms with Gasteiger partial charge in [-0.25, -0.2) is 4.98 Å². The molecule has 0 spiro atoms. The molecule has 0 fully saturated rings. The first-order valence-corrected chi connectivity index (χ1v) is 28.3. The summed E-state index contributed by atoms with van der Waals surface area (Å²) in [6.45, 7) is 41.4. The Morgan fingerprint density at radius 2 is 1.18 bits per heavy atom. The SMILES string of the molecule is CC(C)(C)c1ccc(-n2c(-c3cc(C(C)(C)C)cc(C(C)(C)C)c3O)nc3c(-c4[c-]c(N5[CH-]N(C(C)(C)C)c6ccccc65)c5oc6cc(-n7c(C(C)(C)C)nnc7C(C)(C)C)c(C#N)cc6c5c4)cccc32)c(-c2ccccc2)c1.[Pt+2]. The summed E-state index contributed by atoms with van der Waals surface area (Å²) in [6.07, 6.45) is 0. The molecule has 1 N–H and O–H groups in total. The van der Waals surface area contributed by atoms with E-state index in [9.17, 15) is 10.4 Å². The van der Waals surface area contributed by atoms with Gasteiger partial charge in [-0.15, -0.1) is 27.9 Å². The zero-order valence-electron chi connectivity index (χ0n) is 50.9. The third kappa shape index (κ3) is 9.91. The molecule has 1 aliphatic heterocycles. The molecule has 0 amide bonds. The van der Waals surface area contributed by atoms with Crippen molar-refractivity contribution in [1.29, 1.82) is 5.26 Å². The van der Waals surface area contributed by atoms with Crippen molar-refractivity contribution in [2.24, 2.45) is 0 Å². The Bertz CT molecular complexity index is 4150. The number of phenols is 1. The van der Waals surface area contributed by atoms with Crippen LogP contribution in [-0.4, -0.2) is 35.0 Å². The summed E-state index contributed by atoms with van der Waals surface area (Å²) in [5.41, 5.74) is 13.4. The van der Waals surface area contributed by atoms with Crippen molar-refractivity contribution in [3.8, 4) is 56.8 Å². The normalized spacial score (nSPS) is 13.6. The molecule has 82 heavy (non-hydrogen) atoms. The quantitative estimate of drug-likeness (QED) is 0.164. The Labute approximate surface area is 499 Å². The molecule has 0 aliphatic carbocycles. The van der Waals surface area contributed by atoms with Crippen molar-refractivity contribution in [2.45, 2.75) is 157 Å². The predicted molar refractivity (Wildman–Crippen MR) is 333 cm³/mol. The minimum atomic E-state index is -0.392. The van der Waals surface area contributed by atoms with Gasteiger partial charge in [-0.1, -0.05) is 182 Å². The second-order valence-corrected chi connectivity index (χ2v) is 28.3. The van der Waals surface area contributed by atoms with E-state index in [2.05, 4.69) is 272 Å². The molecule has 0 saturated heterocycles. The molecule has 0 bridgehead atoms. The molecule has 0 atom stereocenters. The van der Waals surface area contributed by atoms with Crippen LogP contribution >= 0.6 is 0 Å². The Kier molecular flexibility index (Phi) is 14.0. The summed E-state index contributed by atoms with van der Waals surface area (Å²) in [6, 6.07) is 49.1. The van der Waals surface area contributed by atoms with Crippen molar-refractivity contribution in [3.63, 3.8) is 0 Å². The van der Waals surface area contributed by atoms with E-state index in [4.69, 9.17) is 19.6 Å². The first-order valence-electron chi connectivity index (χ1n) is 28.3. The monoisotopic (exact) mass is 1270 g/mol. The van der Waals surface area contributed by atoms with Crippen molar-refractivity contribution < 1.29 is 30.6 Å². The molecule has 0 radical (unpaired) electrons. The van der Waals surface area contributed by atoms with Gasteiger partial charge in [0.15, 0.2) is 0 Å². The number of furan rings is 1. The van der Waals surface area contributed by atoms with E-state index in [0.717, 1.165) is 83.9 Å². The number of rotatable bonds is 6. The van der Waals surface area contributed by atoms with Gasteiger partial charge in [-0.05, 0) is 102 Å². The molecule has 7 aromatic carbocycles. The van der Waals surface area contributed by atoms with Crippen LogP contribution in [0.4, 0.5) is 17.1 Å². The van der Waals surface area contributed by atoms with E-state index < -0.39 is 10.8 Å². The number of nitrogens with zero attached hydrogens (tertiary/aromatic N) is 8. The maximum Gasteiger partial charge on any atom is 2.00 e. The van der Waals surface area contributed by atoms with Crippen molar-refractivity contribution in [1.82, 2.24) is 24.3 Å². The molecule has 0 unspecified atom stereocenters. The summed E-state index contributed by atoms with van der Waals surface area (Å²) in [7, 11) is 0.